The summed E-state index contributed by atoms with van der Waals surface area (Å²) in [6, 6.07) is 4.49. The maximum absolute atomic E-state index is 6.54. The molecule has 2 aliphatic heterocycles. The minimum atomic E-state index is 0.110. The summed E-state index contributed by atoms with van der Waals surface area (Å²) in [4.78, 5) is 2.56. The summed E-state index contributed by atoms with van der Waals surface area (Å²) in [5.41, 5.74) is 10.2. The van der Waals surface area contributed by atoms with Crippen molar-refractivity contribution in [3.63, 3.8) is 0 Å². The Bertz CT molecular complexity index is 480. The highest BCUT2D eigenvalue weighted by Crippen LogP contribution is 2.37. The number of hydrogen-bond donors (Lipinski definition) is 1. The molecular formula is C17H26N2O. The summed E-state index contributed by atoms with van der Waals surface area (Å²) >= 11 is 0. The molecule has 2 unspecified atom stereocenters. The predicted octanol–water partition coefficient (Wildman–Crippen LogP) is 2.80. The van der Waals surface area contributed by atoms with E-state index in [2.05, 4.69) is 30.9 Å². The summed E-state index contributed by atoms with van der Waals surface area (Å²) in [6.45, 7) is 8.53. The first-order valence-electron chi connectivity index (χ1n) is 7.87. The lowest BCUT2D eigenvalue weighted by Gasteiger charge is -2.37. The van der Waals surface area contributed by atoms with Gasteiger partial charge in [-0.15, -0.1) is 0 Å². The first kappa shape index (κ1) is 13.9. The standard InChI is InChI=1S/C17H26N2O/c1-12-8-13(2)17-15(9-12)16(18)14(11-20-17)10-19-6-4-3-5-7-19/h8-9,14,16H,3-7,10-11,18H2,1-2H3. The van der Waals surface area contributed by atoms with E-state index in [9.17, 15) is 0 Å². The van der Waals surface area contributed by atoms with E-state index in [1.165, 1.54) is 49.0 Å². The molecular weight excluding hydrogens is 248 g/mol. The molecule has 2 N–H and O–H groups in total. The zero-order valence-corrected chi connectivity index (χ0v) is 12.7. The Labute approximate surface area is 122 Å². The van der Waals surface area contributed by atoms with Gasteiger partial charge >= 0.3 is 0 Å². The highest BCUT2D eigenvalue weighted by Gasteiger charge is 2.30. The quantitative estimate of drug-likeness (QED) is 0.901. The number of nitrogens with zero attached hydrogens (tertiary/aromatic N) is 1. The Morgan fingerprint density at radius 2 is 1.95 bits per heavy atom. The zero-order valence-electron chi connectivity index (χ0n) is 12.7. The van der Waals surface area contributed by atoms with Crippen molar-refractivity contribution in [2.24, 2.45) is 11.7 Å². The van der Waals surface area contributed by atoms with E-state index in [4.69, 9.17) is 10.5 Å². The van der Waals surface area contributed by atoms with Crippen LogP contribution in [0.15, 0.2) is 12.1 Å². The summed E-state index contributed by atoms with van der Waals surface area (Å²) in [5.74, 6) is 1.44. The Hall–Kier alpha value is -1.06. The molecule has 0 aliphatic carbocycles. The zero-order chi connectivity index (χ0) is 14.1. The van der Waals surface area contributed by atoms with Crippen LogP contribution >= 0.6 is 0 Å². The maximum Gasteiger partial charge on any atom is 0.127 e. The van der Waals surface area contributed by atoms with Gasteiger partial charge in [0.05, 0.1) is 6.61 Å². The number of ether oxygens (including phenoxy) is 1. The van der Waals surface area contributed by atoms with Gasteiger partial charge in [-0.05, 0) is 45.3 Å². The van der Waals surface area contributed by atoms with Crippen molar-refractivity contribution in [2.45, 2.75) is 39.2 Å². The Morgan fingerprint density at radius 3 is 2.70 bits per heavy atom. The second-order valence-electron chi connectivity index (χ2n) is 6.46. The number of rotatable bonds is 2. The number of aryl methyl sites for hydroxylation is 2. The van der Waals surface area contributed by atoms with Crippen molar-refractivity contribution >= 4 is 0 Å². The van der Waals surface area contributed by atoms with Crippen LogP contribution in [0.2, 0.25) is 0 Å². The minimum absolute atomic E-state index is 0.110. The van der Waals surface area contributed by atoms with Crippen molar-refractivity contribution in [3.8, 4) is 5.75 Å². The van der Waals surface area contributed by atoms with Crippen LogP contribution < -0.4 is 10.5 Å². The normalized spacial score (nSPS) is 26.9. The van der Waals surface area contributed by atoms with Gasteiger partial charge < -0.3 is 15.4 Å². The molecule has 2 heterocycles. The van der Waals surface area contributed by atoms with Crippen LogP contribution in [-0.2, 0) is 0 Å². The second-order valence-corrected chi connectivity index (χ2v) is 6.46. The average Bonchev–Trinajstić information content (AvgIpc) is 2.43. The van der Waals surface area contributed by atoms with E-state index < -0.39 is 0 Å². The van der Waals surface area contributed by atoms with Crippen molar-refractivity contribution in [1.82, 2.24) is 4.90 Å². The van der Waals surface area contributed by atoms with E-state index in [1.54, 1.807) is 0 Å². The number of piperidine rings is 1. The van der Waals surface area contributed by atoms with Crippen molar-refractivity contribution in [1.29, 1.82) is 0 Å². The molecule has 2 aliphatic rings. The monoisotopic (exact) mass is 274 g/mol. The third-order valence-corrected chi connectivity index (χ3v) is 4.70. The largest absolute Gasteiger partial charge is 0.493 e. The fraction of sp³-hybridized carbons (Fsp3) is 0.647. The molecule has 1 aromatic rings. The van der Waals surface area contributed by atoms with Crippen LogP contribution in [0.4, 0.5) is 0 Å². The topological polar surface area (TPSA) is 38.5 Å². The first-order valence-corrected chi connectivity index (χ1v) is 7.87. The summed E-state index contributed by atoms with van der Waals surface area (Å²) in [6.07, 6.45) is 4.04. The van der Waals surface area contributed by atoms with Crippen LogP contribution in [0.1, 0.15) is 42.0 Å². The number of benzene rings is 1. The van der Waals surface area contributed by atoms with Crippen LogP contribution in [0, 0.1) is 19.8 Å². The Kier molecular flexibility index (Phi) is 3.99. The van der Waals surface area contributed by atoms with Crippen molar-refractivity contribution in [2.75, 3.05) is 26.2 Å². The molecule has 20 heavy (non-hydrogen) atoms. The SMILES string of the molecule is Cc1cc(C)c2c(c1)C(N)C(CN1CCCCC1)CO2. The van der Waals surface area contributed by atoms with Gasteiger partial charge in [0.25, 0.3) is 0 Å². The van der Waals surface area contributed by atoms with Gasteiger partial charge in [-0.3, -0.25) is 0 Å². The molecule has 110 valence electrons. The molecule has 0 radical (unpaired) electrons. The van der Waals surface area contributed by atoms with Crippen LogP contribution in [0.5, 0.6) is 5.75 Å². The molecule has 2 atom stereocenters. The minimum Gasteiger partial charge on any atom is -0.493 e. The molecule has 0 amide bonds. The summed E-state index contributed by atoms with van der Waals surface area (Å²) in [7, 11) is 0. The van der Waals surface area contributed by atoms with Gasteiger partial charge in [0.1, 0.15) is 5.75 Å². The lowest BCUT2D eigenvalue weighted by atomic mass is 9.88. The molecule has 1 saturated heterocycles. The van der Waals surface area contributed by atoms with Gasteiger partial charge in [-0.1, -0.05) is 24.1 Å². The molecule has 0 saturated carbocycles. The predicted molar refractivity (Wildman–Crippen MR) is 82.1 cm³/mol. The third-order valence-electron chi connectivity index (χ3n) is 4.70. The van der Waals surface area contributed by atoms with E-state index in [1.807, 2.05) is 0 Å². The number of fused-ring (bicyclic) bond motifs is 1. The highest BCUT2D eigenvalue weighted by molar-refractivity contribution is 5.46. The Balaban J connectivity index is 1.76. The van der Waals surface area contributed by atoms with Gasteiger partial charge in [0, 0.05) is 24.1 Å². The second kappa shape index (κ2) is 5.74. The molecule has 3 rings (SSSR count). The molecule has 1 fully saturated rings. The van der Waals surface area contributed by atoms with Crippen LogP contribution in [0.25, 0.3) is 0 Å². The fourth-order valence-corrected chi connectivity index (χ4v) is 3.62. The van der Waals surface area contributed by atoms with E-state index in [0.717, 1.165) is 18.9 Å². The van der Waals surface area contributed by atoms with Gasteiger partial charge in [-0.2, -0.15) is 0 Å². The van der Waals surface area contributed by atoms with E-state index >= 15 is 0 Å². The van der Waals surface area contributed by atoms with Gasteiger partial charge in [0.15, 0.2) is 0 Å². The maximum atomic E-state index is 6.54. The average molecular weight is 274 g/mol. The van der Waals surface area contributed by atoms with Crippen molar-refractivity contribution in [3.05, 3.63) is 28.8 Å². The lowest BCUT2D eigenvalue weighted by molar-refractivity contribution is 0.125. The fourth-order valence-electron chi connectivity index (χ4n) is 3.62. The van der Waals surface area contributed by atoms with Crippen LogP contribution in [-0.4, -0.2) is 31.1 Å². The third kappa shape index (κ3) is 2.70. The lowest BCUT2D eigenvalue weighted by Crippen LogP contribution is -2.42. The molecule has 0 aromatic heterocycles. The van der Waals surface area contributed by atoms with E-state index in [-0.39, 0.29) is 6.04 Å². The number of likely N-dealkylation sites (tertiary alicyclic amines) is 1. The number of hydrogen-bond acceptors (Lipinski definition) is 3. The highest BCUT2D eigenvalue weighted by atomic mass is 16.5. The van der Waals surface area contributed by atoms with Gasteiger partial charge in [0.2, 0.25) is 0 Å². The Morgan fingerprint density at radius 1 is 1.20 bits per heavy atom. The molecule has 0 spiro atoms. The molecule has 3 nitrogen and oxygen atoms in total. The van der Waals surface area contributed by atoms with Crippen molar-refractivity contribution < 1.29 is 4.74 Å². The number of nitrogens with two attached hydrogens (primary N) is 1. The molecule has 1 aromatic carbocycles. The first-order chi connectivity index (χ1) is 9.65. The summed E-state index contributed by atoms with van der Waals surface area (Å²) in [5, 5.41) is 0. The summed E-state index contributed by atoms with van der Waals surface area (Å²) < 4.78 is 6.03. The van der Waals surface area contributed by atoms with Crippen LogP contribution in [0.3, 0.4) is 0 Å². The smallest absolute Gasteiger partial charge is 0.127 e. The van der Waals surface area contributed by atoms with Gasteiger partial charge in [-0.25, -0.2) is 0 Å². The molecule has 3 heteroatoms. The molecule has 0 bridgehead atoms. The van der Waals surface area contributed by atoms with E-state index in [0.29, 0.717) is 5.92 Å².